The zero-order valence-electron chi connectivity index (χ0n) is 17.2. The highest BCUT2D eigenvalue weighted by atomic mass is 16.1. The molecule has 0 saturated carbocycles. The number of hydrogen-bond acceptors (Lipinski definition) is 2. The second kappa shape index (κ2) is 8.78. The molecule has 1 N–H and O–H groups in total. The highest BCUT2D eigenvalue weighted by Gasteiger charge is 2.14. The van der Waals surface area contributed by atoms with Crippen LogP contribution in [0.25, 0.3) is 23.2 Å². The molecule has 4 heteroatoms. The van der Waals surface area contributed by atoms with Crippen LogP contribution in [0.3, 0.4) is 0 Å². The number of carbonyl (C=O) groups is 1. The molecule has 0 fully saturated rings. The molecule has 0 saturated heterocycles. The van der Waals surface area contributed by atoms with Gasteiger partial charge in [0.05, 0.1) is 11.0 Å². The maximum Gasteiger partial charge on any atom is 0.244 e. The molecule has 4 aromatic rings. The largest absolute Gasteiger partial charge is 0.324 e. The number of anilines is 1. The molecule has 1 heterocycles. The van der Waals surface area contributed by atoms with Crippen LogP contribution in [0.1, 0.15) is 36.7 Å². The zero-order valence-corrected chi connectivity index (χ0v) is 17.2. The van der Waals surface area contributed by atoms with Crippen LogP contribution in [-0.2, 0) is 11.3 Å². The van der Waals surface area contributed by atoms with Crippen LogP contribution in [0.5, 0.6) is 0 Å². The summed E-state index contributed by atoms with van der Waals surface area (Å²) in [7, 11) is 0. The van der Waals surface area contributed by atoms with Crippen molar-refractivity contribution in [2.45, 2.75) is 26.3 Å². The lowest BCUT2D eigenvalue weighted by Crippen LogP contribution is -2.20. The van der Waals surface area contributed by atoms with Gasteiger partial charge >= 0.3 is 0 Å². The summed E-state index contributed by atoms with van der Waals surface area (Å²) < 4.78 is 1.96. The maximum absolute atomic E-state index is 12.9. The van der Waals surface area contributed by atoms with Gasteiger partial charge in [0.25, 0.3) is 0 Å². The molecule has 30 heavy (non-hydrogen) atoms. The zero-order chi connectivity index (χ0) is 20.9. The summed E-state index contributed by atoms with van der Waals surface area (Å²) in [6.45, 7) is 4.45. The van der Waals surface area contributed by atoms with Gasteiger partial charge in [-0.1, -0.05) is 80.6 Å². The van der Waals surface area contributed by atoms with E-state index in [1.54, 1.807) is 0 Å². The number of hydrogen-bond donors (Lipinski definition) is 1. The van der Waals surface area contributed by atoms with Crippen LogP contribution in [0.2, 0.25) is 0 Å². The summed E-state index contributed by atoms with van der Waals surface area (Å²) in [5.74, 6) is 1.02. The third-order valence-electron chi connectivity index (χ3n) is 5.07. The van der Waals surface area contributed by atoms with Gasteiger partial charge in [-0.3, -0.25) is 4.79 Å². The summed E-state index contributed by atoms with van der Waals surface area (Å²) in [6, 6.07) is 25.9. The molecule has 0 radical (unpaired) electrons. The third kappa shape index (κ3) is 4.33. The van der Waals surface area contributed by atoms with Crippen molar-refractivity contribution in [2.75, 3.05) is 5.32 Å². The highest BCUT2D eigenvalue weighted by molar-refractivity contribution is 5.93. The van der Waals surface area contributed by atoms with E-state index in [1.165, 1.54) is 0 Å². The number of amides is 1. The Morgan fingerprint density at radius 1 is 0.933 bits per heavy atom. The van der Waals surface area contributed by atoms with Gasteiger partial charge in [0, 0.05) is 5.69 Å². The number of benzene rings is 3. The number of para-hydroxylation sites is 3. The molecule has 0 atom stereocenters. The number of rotatable bonds is 6. The van der Waals surface area contributed by atoms with Crippen LogP contribution < -0.4 is 5.32 Å². The first kappa shape index (κ1) is 19.6. The fourth-order valence-corrected chi connectivity index (χ4v) is 3.57. The fraction of sp³-hybridized carbons (Fsp3) is 0.154. The van der Waals surface area contributed by atoms with Gasteiger partial charge in [0.15, 0.2) is 0 Å². The monoisotopic (exact) mass is 395 g/mol. The van der Waals surface area contributed by atoms with E-state index in [0.29, 0.717) is 5.92 Å². The van der Waals surface area contributed by atoms with Crippen molar-refractivity contribution in [3.05, 3.63) is 95.8 Å². The van der Waals surface area contributed by atoms with E-state index in [0.717, 1.165) is 33.7 Å². The smallest absolute Gasteiger partial charge is 0.244 e. The Kier molecular flexibility index (Phi) is 5.75. The lowest BCUT2D eigenvalue weighted by molar-refractivity contribution is -0.116. The molecule has 0 unspecified atom stereocenters. The van der Waals surface area contributed by atoms with E-state index < -0.39 is 0 Å². The first-order valence-corrected chi connectivity index (χ1v) is 10.2. The quantitative estimate of drug-likeness (QED) is 0.437. The van der Waals surface area contributed by atoms with Crippen LogP contribution >= 0.6 is 0 Å². The van der Waals surface area contributed by atoms with Crippen molar-refractivity contribution in [1.82, 2.24) is 9.55 Å². The Balaban J connectivity index is 1.63. The fourth-order valence-electron chi connectivity index (χ4n) is 3.57. The molecule has 0 aliphatic heterocycles. The van der Waals surface area contributed by atoms with E-state index in [2.05, 4.69) is 25.2 Å². The standard InChI is InChI=1S/C26H25N3O/c1-19(2)21-12-6-7-13-22(21)28-26(30)18-29-24-15-9-8-14-23(24)27-25(29)17-16-20-10-4-3-5-11-20/h3-17,19H,18H2,1-2H3,(H,28,30). The lowest BCUT2D eigenvalue weighted by atomic mass is 10.0. The number of nitrogens with one attached hydrogen (secondary N) is 1. The van der Waals surface area contributed by atoms with E-state index in [-0.39, 0.29) is 12.5 Å². The van der Waals surface area contributed by atoms with Crippen molar-refractivity contribution in [2.24, 2.45) is 0 Å². The Morgan fingerprint density at radius 3 is 2.43 bits per heavy atom. The minimum atomic E-state index is -0.0689. The van der Waals surface area contributed by atoms with Gasteiger partial charge in [0.2, 0.25) is 5.91 Å². The van der Waals surface area contributed by atoms with Gasteiger partial charge in [-0.2, -0.15) is 0 Å². The Hall–Kier alpha value is -3.66. The van der Waals surface area contributed by atoms with Crippen LogP contribution in [0.15, 0.2) is 78.9 Å². The number of imidazole rings is 1. The van der Waals surface area contributed by atoms with Crippen molar-refractivity contribution >= 4 is 34.8 Å². The van der Waals surface area contributed by atoms with Gasteiger partial charge < -0.3 is 9.88 Å². The molecule has 1 amide bonds. The normalized spacial score (nSPS) is 11.4. The molecular formula is C26H25N3O. The Labute approximate surface area is 176 Å². The highest BCUT2D eigenvalue weighted by Crippen LogP contribution is 2.24. The summed E-state index contributed by atoms with van der Waals surface area (Å²) in [5, 5.41) is 3.08. The molecule has 0 aliphatic rings. The SMILES string of the molecule is CC(C)c1ccccc1NC(=O)Cn1c(C=Cc2ccccc2)nc2ccccc21. The summed E-state index contributed by atoms with van der Waals surface area (Å²) in [4.78, 5) is 17.7. The summed E-state index contributed by atoms with van der Waals surface area (Å²) in [6.07, 6.45) is 3.98. The van der Waals surface area contributed by atoms with Gasteiger partial charge in [-0.25, -0.2) is 4.98 Å². The predicted octanol–water partition coefficient (Wildman–Crippen LogP) is 5.97. The number of carbonyl (C=O) groups excluding carboxylic acids is 1. The Morgan fingerprint density at radius 2 is 1.63 bits per heavy atom. The van der Waals surface area contributed by atoms with E-state index in [9.17, 15) is 4.79 Å². The van der Waals surface area contributed by atoms with Gasteiger partial charge in [-0.05, 0) is 41.3 Å². The van der Waals surface area contributed by atoms with Gasteiger partial charge in [-0.15, -0.1) is 0 Å². The number of aromatic nitrogens is 2. The first-order chi connectivity index (χ1) is 14.6. The molecule has 3 aromatic carbocycles. The van der Waals surface area contributed by atoms with Crippen molar-refractivity contribution in [1.29, 1.82) is 0 Å². The minimum absolute atomic E-state index is 0.0689. The van der Waals surface area contributed by atoms with Gasteiger partial charge in [0.1, 0.15) is 12.4 Å². The second-order valence-electron chi connectivity index (χ2n) is 7.58. The Bertz CT molecular complexity index is 1190. The molecule has 0 aliphatic carbocycles. The van der Waals surface area contributed by atoms with Crippen LogP contribution in [0.4, 0.5) is 5.69 Å². The molecule has 150 valence electrons. The topological polar surface area (TPSA) is 46.9 Å². The van der Waals surface area contributed by atoms with E-state index in [4.69, 9.17) is 4.98 Å². The molecular weight excluding hydrogens is 370 g/mol. The second-order valence-corrected chi connectivity index (χ2v) is 7.58. The summed E-state index contributed by atoms with van der Waals surface area (Å²) >= 11 is 0. The first-order valence-electron chi connectivity index (χ1n) is 10.2. The molecule has 4 rings (SSSR count). The maximum atomic E-state index is 12.9. The number of fused-ring (bicyclic) bond motifs is 1. The minimum Gasteiger partial charge on any atom is -0.324 e. The van der Waals surface area contributed by atoms with Crippen LogP contribution in [0, 0.1) is 0 Å². The van der Waals surface area contributed by atoms with Crippen molar-refractivity contribution in [3.63, 3.8) is 0 Å². The van der Waals surface area contributed by atoms with E-state index in [1.807, 2.05) is 89.5 Å². The van der Waals surface area contributed by atoms with E-state index >= 15 is 0 Å². The number of nitrogens with zero attached hydrogens (tertiary/aromatic N) is 2. The molecule has 4 nitrogen and oxygen atoms in total. The van der Waals surface area contributed by atoms with Crippen molar-refractivity contribution in [3.8, 4) is 0 Å². The molecule has 0 bridgehead atoms. The predicted molar refractivity (Wildman–Crippen MR) is 124 cm³/mol. The average molecular weight is 396 g/mol. The molecule has 1 aromatic heterocycles. The van der Waals surface area contributed by atoms with Crippen molar-refractivity contribution < 1.29 is 4.79 Å². The average Bonchev–Trinajstić information content (AvgIpc) is 3.10. The lowest BCUT2D eigenvalue weighted by Gasteiger charge is -2.14. The third-order valence-corrected chi connectivity index (χ3v) is 5.07. The summed E-state index contributed by atoms with van der Waals surface area (Å²) in [5.41, 5.74) is 4.90. The van der Waals surface area contributed by atoms with Crippen LogP contribution in [-0.4, -0.2) is 15.5 Å². The molecule has 0 spiro atoms.